The van der Waals surface area contributed by atoms with Crippen LogP contribution in [-0.2, 0) is 19.0 Å². The highest BCUT2D eigenvalue weighted by Crippen LogP contribution is 2.09. The third kappa shape index (κ3) is 1.44. The molecule has 1 heterocycles. The SMILES string of the molecule is COC(=O)C1COC(O)O1. The summed E-state index contributed by atoms with van der Waals surface area (Å²) in [4.78, 5) is 10.6. The van der Waals surface area contributed by atoms with Gasteiger partial charge >= 0.3 is 5.97 Å². The van der Waals surface area contributed by atoms with Gasteiger partial charge in [-0.1, -0.05) is 0 Å². The van der Waals surface area contributed by atoms with Crippen molar-refractivity contribution in [2.45, 2.75) is 12.6 Å². The Bertz CT molecular complexity index is 134. The molecule has 0 radical (unpaired) electrons. The number of aliphatic hydroxyl groups is 1. The summed E-state index contributed by atoms with van der Waals surface area (Å²) in [6, 6.07) is 0. The summed E-state index contributed by atoms with van der Waals surface area (Å²) in [6.07, 6.45) is -0.778. The molecule has 1 saturated heterocycles. The zero-order chi connectivity index (χ0) is 7.56. The number of hydrogen-bond acceptors (Lipinski definition) is 5. The average molecular weight is 148 g/mol. The summed E-state index contributed by atoms with van der Waals surface area (Å²) in [7, 11) is 1.25. The lowest BCUT2D eigenvalue weighted by Gasteiger charge is -2.03. The van der Waals surface area contributed by atoms with Crippen molar-refractivity contribution in [2.24, 2.45) is 0 Å². The van der Waals surface area contributed by atoms with Crippen LogP contribution < -0.4 is 0 Å². The molecule has 10 heavy (non-hydrogen) atoms. The summed E-state index contributed by atoms with van der Waals surface area (Å²) < 4.78 is 13.4. The zero-order valence-corrected chi connectivity index (χ0v) is 5.44. The number of rotatable bonds is 1. The van der Waals surface area contributed by atoms with Crippen LogP contribution in [0.1, 0.15) is 0 Å². The molecule has 0 aromatic rings. The van der Waals surface area contributed by atoms with Gasteiger partial charge in [0.1, 0.15) is 0 Å². The van der Waals surface area contributed by atoms with Crippen molar-refractivity contribution >= 4 is 5.97 Å². The topological polar surface area (TPSA) is 65.0 Å². The highest BCUT2D eigenvalue weighted by atomic mass is 16.8. The molecule has 1 N–H and O–H groups in total. The van der Waals surface area contributed by atoms with Crippen LogP contribution in [0.2, 0.25) is 0 Å². The predicted molar refractivity (Wildman–Crippen MR) is 28.8 cm³/mol. The van der Waals surface area contributed by atoms with Crippen LogP contribution in [0.3, 0.4) is 0 Å². The molecule has 0 aromatic heterocycles. The molecule has 2 atom stereocenters. The second-order valence-electron chi connectivity index (χ2n) is 1.79. The first-order valence-corrected chi connectivity index (χ1v) is 2.77. The van der Waals surface area contributed by atoms with Crippen molar-refractivity contribution < 1.29 is 24.1 Å². The van der Waals surface area contributed by atoms with Crippen LogP contribution in [0.4, 0.5) is 0 Å². The Morgan fingerprint density at radius 3 is 2.90 bits per heavy atom. The van der Waals surface area contributed by atoms with Crippen molar-refractivity contribution in [2.75, 3.05) is 13.7 Å². The van der Waals surface area contributed by atoms with Crippen molar-refractivity contribution in [3.8, 4) is 0 Å². The Kier molecular flexibility index (Phi) is 2.21. The molecule has 0 aliphatic carbocycles. The maximum absolute atomic E-state index is 10.6. The number of carbonyl (C=O) groups is 1. The second-order valence-corrected chi connectivity index (χ2v) is 1.79. The van der Waals surface area contributed by atoms with Gasteiger partial charge in [0.25, 0.3) is 6.48 Å². The first-order chi connectivity index (χ1) is 4.74. The third-order valence-electron chi connectivity index (χ3n) is 1.13. The summed E-state index contributed by atoms with van der Waals surface area (Å²) >= 11 is 0. The van der Waals surface area contributed by atoms with Gasteiger partial charge in [-0.2, -0.15) is 0 Å². The van der Waals surface area contributed by atoms with E-state index in [0.29, 0.717) is 0 Å². The predicted octanol–water partition coefficient (Wildman–Crippen LogP) is -1.15. The molecule has 5 nitrogen and oxygen atoms in total. The van der Waals surface area contributed by atoms with Gasteiger partial charge in [0.15, 0.2) is 6.10 Å². The largest absolute Gasteiger partial charge is 0.467 e. The van der Waals surface area contributed by atoms with Crippen molar-refractivity contribution in [3.05, 3.63) is 0 Å². The standard InChI is InChI=1S/C5H8O5/c1-8-4(6)3-2-9-5(7)10-3/h3,5,7H,2H2,1H3. The minimum atomic E-state index is -1.29. The number of methoxy groups -OCH3 is 1. The normalized spacial score (nSPS) is 32.2. The van der Waals surface area contributed by atoms with Crippen LogP contribution >= 0.6 is 0 Å². The third-order valence-corrected chi connectivity index (χ3v) is 1.13. The lowest BCUT2D eigenvalue weighted by Crippen LogP contribution is -2.24. The minimum Gasteiger partial charge on any atom is -0.467 e. The Morgan fingerprint density at radius 1 is 1.80 bits per heavy atom. The highest BCUT2D eigenvalue weighted by molar-refractivity contribution is 5.74. The monoisotopic (exact) mass is 148 g/mol. The van der Waals surface area contributed by atoms with Gasteiger partial charge in [0.05, 0.1) is 13.7 Å². The smallest absolute Gasteiger partial charge is 0.337 e. The number of hydrogen-bond donors (Lipinski definition) is 1. The maximum Gasteiger partial charge on any atom is 0.337 e. The van der Waals surface area contributed by atoms with E-state index in [-0.39, 0.29) is 6.61 Å². The molecule has 1 rings (SSSR count). The molecular formula is C5H8O5. The Hall–Kier alpha value is -0.650. The van der Waals surface area contributed by atoms with Crippen LogP contribution in [0.5, 0.6) is 0 Å². The summed E-state index contributed by atoms with van der Waals surface area (Å²) in [5.74, 6) is -0.531. The summed E-state index contributed by atoms with van der Waals surface area (Å²) in [5, 5.41) is 8.59. The van der Waals surface area contributed by atoms with Gasteiger partial charge in [-0.3, -0.25) is 0 Å². The molecular weight excluding hydrogens is 140 g/mol. The Labute approximate surface area is 57.5 Å². The van der Waals surface area contributed by atoms with E-state index in [0.717, 1.165) is 0 Å². The van der Waals surface area contributed by atoms with E-state index in [4.69, 9.17) is 5.11 Å². The van der Waals surface area contributed by atoms with E-state index in [9.17, 15) is 4.79 Å². The molecule has 0 spiro atoms. The van der Waals surface area contributed by atoms with Crippen LogP contribution in [0.15, 0.2) is 0 Å². The fourth-order valence-corrected chi connectivity index (χ4v) is 0.644. The molecule has 2 unspecified atom stereocenters. The molecule has 0 amide bonds. The highest BCUT2D eigenvalue weighted by Gasteiger charge is 2.30. The zero-order valence-electron chi connectivity index (χ0n) is 5.44. The molecule has 0 saturated carbocycles. The average Bonchev–Trinajstić information content (AvgIpc) is 2.34. The number of aliphatic hydroxyl groups excluding tert-OH is 1. The van der Waals surface area contributed by atoms with Gasteiger partial charge in [-0.15, -0.1) is 0 Å². The molecule has 0 bridgehead atoms. The maximum atomic E-state index is 10.6. The molecule has 1 fully saturated rings. The first-order valence-electron chi connectivity index (χ1n) is 2.77. The van der Waals surface area contributed by atoms with E-state index < -0.39 is 18.5 Å². The molecule has 0 aromatic carbocycles. The number of carbonyl (C=O) groups excluding carboxylic acids is 1. The molecule has 5 heteroatoms. The van der Waals surface area contributed by atoms with Crippen molar-refractivity contribution in [1.29, 1.82) is 0 Å². The fourth-order valence-electron chi connectivity index (χ4n) is 0.644. The number of ether oxygens (including phenoxy) is 3. The van der Waals surface area contributed by atoms with E-state index in [1.807, 2.05) is 0 Å². The van der Waals surface area contributed by atoms with E-state index >= 15 is 0 Å². The van der Waals surface area contributed by atoms with Crippen molar-refractivity contribution in [1.82, 2.24) is 0 Å². The minimum absolute atomic E-state index is 0.0494. The van der Waals surface area contributed by atoms with Crippen molar-refractivity contribution in [3.63, 3.8) is 0 Å². The lowest BCUT2D eigenvalue weighted by molar-refractivity contribution is -0.208. The van der Waals surface area contributed by atoms with Crippen LogP contribution in [0, 0.1) is 0 Å². The lowest BCUT2D eigenvalue weighted by atomic mass is 10.4. The quantitative estimate of drug-likeness (QED) is 0.476. The van der Waals surface area contributed by atoms with Gasteiger partial charge in [0, 0.05) is 0 Å². The van der Waals surface area contributed by atoms with E-state index in [1.165, 1.54) is 7.11 Å². The van der Waals surface area contributed by atoms with Gasteiger partial charge in [-0.05, 0) is 0 Å². The van der Waals surface area contributed by atoms with Crippen LogP contribution in [-0.4, -0.2) is 37.4 Å². The summed E-state index contributed by atoms with van der Waals surface area (Å²) in [5.41, 5.74) is 0. The first kappa shape index (κ1) is 7.46. The molecule has 1 aliphatic heterocycles. The van der Waals surface area contributed by atoms with Gasteiger partial charge < -0.3 is 19.3 Å². The molecule has 58 valence electrons. The molecule has 1 aliphatic rings. The van der Waals surface area contributed by atoms with E-state index in [2.05, 4.69) is 14.2 Å². The van der Waals surface area contributed by atoms with E-state index in [1.54, 1.807) is 0 Å². The summed E-state index contributed by atoms with van der Waals surface area (Å²) in [6.45, 7) is -1.24. The van der Waals surface area contributed by atoms with Gasteiger partial charge in [0.2, 0.25) is 0 Å². The Morgan fingerprint density at radius 2 is 2.50 bits per heavy atom. The second kappa shape index (κ2) is 2.96. The Balaban J connectivity index is 2.37. The van der Waals surface area contributed by atoms with Crippen LogP contribution in [0.25, 0.3) is 0 Å². The van der Waals surface area contributed by atoms with Gasteiger partial charge in [-0.25, -0.2) is 4.79 Å². The fraction of sp³-hybridized carbons (Fsp3) is 0.800. The number of esters is 1.